The number of rotatable bonds is 5. The molecule has 0 radical (unpaired) electrons. The van der Waals surface area contributed by atoms with Crippen molar-refractivity contribution in [1.82, 2.24) is 0 Å². The van der Waals surface area contributed by atoms with Crippen molar-refractivity contribution in [3.8, 4) is 0 Å². The number of cyclic esters (lactones) is 1. The molecule has 0 saturated heterocycles. The fourth-order valence-corrected chi connectivity index (χ4v) is 9.32. The van der Waals surface area contributed by atoms with Crippen LogP contribution in [0, 0.1) is 34.5 Å². The minimum Gasteiger partial charge on any atom is -0.462 e. The second-order valence-corrected chi connectivity index (χ2v) is 13.2. The summed E-state index contributed by atoms with van der Waals surface area (Å²) in [5, 5.41) is 12.9. The van der Waals surface area contributed by atoms with E-state index in [2.05, 4.69) is 45.7 Å². The molecule has 36 heavy (non-hydrogen) atoms. The third-order valence-electron chi connectivity index (χ3n) is 10.7. The van der Waals surface area contributed by atoms with Crippen LogP contribution in [0.2, 0.25) is 0 Å². The predicted octanol–water partition coefficient (Wildman–Crippen LogP) is 4.47. The molecule has 0 aromatic carbocycles. The summed E-state index contributed by atoms with van der Waals surface area (Å²) in [6.45, 7) is 4.70. The van der Waals surface area contributed by atoms with E-state index in [4.69, 9.17) is 14.2 Å². The summed E-state index contributed by atoms with van der Waals surface area (Å²) in [4.78, 5) is 36.2. The van der Waals surface area contributed by atoms with E-state index >= 15 is 0 Å². The number of ether oxygens (including phenoxy) is 3. The van der Waals surface area contributed by atoms with Gasteiger partial charge in [-0.25, -0.2) is 4.79 Å². The molecule has 5 rings (SSSR count). The number of aliphatic hydroxyl groups is 1. The summed E-state index contributed by atoms with van der Waals surface area (Å²) in [5.41, 5.74) is -0.615. The van der Waals surface area contributed by atoms with Crippen LogP contribution in [0.3, 0.4) is 0 Å². The maximum Gasteiger partial charge on any atom is 0.331 e. The van der Waals surface area contributed by atoms with Crippen LogP contribution in [-0.4, -0.2) is 58.1 Å². The van der Waals surface area contributed by atoms with Crippen molar-refractivity contribution in [2.45, 2.75) is 83.0 Å². The number of alkyl halides is 2. The highest BCUT2D eigenvalue weighted by Gasteiger charge is 2.71. The Morgan fingerprint density at radius 2 is 1.78 bits per heavy atom. The molecule has 9 atom stereocenters. The maximum absolute atomic E-state index is 12.6. The highest BCUT2D eigenvalue weighted by Crippen LogP contribution is 2.70. The average Bonchev–Trinajstić information content (AvgIpc) is 3.36. The van der Waals surface area contributed by atoms with Gasteiger partial charge in [0.25, 0.3) is 0 Å². The number of carbonyl (C=O) groups excluding carboxylic acids is 3. The first-order chi connectivity index (χ1) is 17.1. The standard InChI is InChI=1S/C27H36Br2O7/c1-25-7-5-17(35-22(31)12-28)10-16(25)3-4-19-18(25)6-8-26(2)24(15-9-21(30)34-14-15)20(11-27(19,26)33)36-23(32)13-29/h9,16-20,24,33H,3-8,10-14H2,1-2H3/t16-,17-,18-,19+,20+,24+,25-,26+,27+/m0/s1. The van der Waals surface area contributed by atoms with Gasteiger partial charge in [0.2, 0.25) is 0 Å². The fourth-order valence-electron chi connectivity index (χ4n) is 9.05. The predicted molar refractivity (Wildman–Crippen MR) is 138 cm³/mol. The second-order valence-electron chi connectivity index (χ2n) is 12.1. The van der Waals surface area contributed by atoms with Crippen molar-refractivity contribution in [1.29, 1.82) is 0 Å². The van der Waals surface area contributed by atoms with Crippen molar-refractivity contribution >= 4 is 49.8 Å². The number of fused-ring (bicyclic) bond motifs is 5. The van der Waals surface area contributed by atoms with E-state index in [1.54, 1.807) is 0 Å². The fraction of sp³-hybridized carbons (Fsp3) is 0.815. The van der Waals surface area contributed by atoms with Gasteiger partial charge >= 0.3 is 17.9 Å². The molecule has 1 N–H and O–H groups in total. The van der Waals surface area contributed by atoms with Gasteiger partial charge in [-0.15, -0.1) is 0 Å². The van der Waals surface area contributed by atoms with Crippen LogP contribution in [-0.2, 0) is 28.6 Å². The minimum absolute atomic E-state index is 0.0302. The van der Waals surface area contributed by atoms with Crippen LogP contribution in [0.15, 0.2) is 11.6 Å². The molecule has 0 spiro atoms. The smallest absolute Gasteiger partial charge is 0.331 e. The first-order valence-corrected chi connectivity index (χ1v) is 15.4. The van der Waals surface area contributed by atoms with Crippen LogP contribution in [0.4, 0.5) is 0 Å². The van der Waals surface area contributed by atoms with Crippen LogP contribution in [0.1, 0.15) is 65.2 Å². The lowest BCUT2D eigenvalue weighted by Gasteiger charge is -2.63. The summed E-state index contributed by atoms with van der Waals surface area (Å²) in [5.74, 6) is -0.278. The number of hydrogen-bond donors (Lipinski definition) is 1. The summed E-state index contributed by atoms with van der Waals surface area (Å²) in [7, 11) is 0. The Bertz CT molecular complexity index is 968. The van der Waals surface area contributed by atoms with Crippen molar-refractivity contribution in [2.24, 2.45) is 34.5 Å². The van der Waals surface area contributed by atoms with Crippen LogP contribution in [0.5, 0.6) is 0 Å². The summed E-state index contributed by atoms with van der Waals surface area (Å²) >= 11 is 6.39. The Hall–Kier alpha value is -0.930. The molecule has 0 aromatic heterocycles. The number of esters is 3. The van der Waals surface area contributed by atoms with E-state index in [0.717, 1.165) is 50.5 Å². The van der Waals surface area contributed by atoms with E-state index in [0.29, 0.717) is 18.3 Å². The normalized spacial score (nSPS) is 45.6. The Morgan fingerprint density at radius 1 is 1.06 bits per heavy atom. The molecular weight excluding hydrogens is 596 g/mol. The lowest BCUT2D eigenvalue weighted by atomic mass is 9.43. The van der Waals surface area contributed by atoms with Crippen LogP contribution >= 0.6 is 31.9 Å². The summed E-state index contributed by atoms with van der Waals surface area (Å²) in [6.07, 6.45) is 7.78. The lowest BCUT2D eigenvalue weighted by molar-refractivity contribution is -0.209. The van der Waals surface area contributed by atoms with Gasteiger partial charge in [0, 0.05) is 23.8 Å². The van der Waals surface area contributed by atoms with Gasteiger partial charge in [0.05, 0.1) is 5.60 Å². The molecule has 7 nitrogen and oxygen atoms in total. The molecule has 1 heterocycles. The maximum atomic E-state index is 12.6. The van der Waals surface area contributed by atoms with Gasteiger partial charge in [-0.1, -0.05) is 45.7 Å². The minimum atomic E-state index is -1.00. The molecule has 200 valence electrons. The van der Waals surface area contributed by atoms with Gasteiger partial charge in [-0.05, 0) is 73.7 Å². The average molecular weight is 632 g/mol. The third-order valence-corrected chi connectivity index (χ3v) is 11.6. The zero-order valence-corrected chi connectivity index (χ0v) is 24.1. The number of carbonyl (C=O) groups is 3. The van der Waals surface area contributed by atoms with Gasteiger partial charge < -0.3 is 19.3 Å². The Morgan fingerprint density at radius 3 is 2.44 bits per heavy atom. The zero-order valence-electron chi connectivity index (χ0n) is 21.0. The quantitative estimate of drug-likeness (QED) is 0.272. The summed E-state index contributed by atoms with van der Waals surface area (Å²) in [6, 6.07) is 0. The Balaban J connectivity index is 1.43. The number of hydrogen-bond acceptors (Lipinski definition) is 7. The molecule has 4 fully saturated rings. The first kappa shape index (κ1) is 26.7. The Labute approximate surface area is 229 Å². The van der Waals surface area contributed by atoms with Crippen molar-refractivity contribution < 1.29 is 33.7 Å². The van der Waals surface area contributed by atoms with Crippen molar-refractivity contribution in [3.05, 3.63) is 11.6 Å². The highest BCUT2D eigenvalue weighted by molar-refractivity contribution is 9.09. The zero-order chi connectivity index (χ0) is 25.9. The van der Waals surface area contributed by atoms with E-state index < -0.39 is 17.1 Å². The van der Waals surface area contributed by atoms with Gasteiger partial charge in [-0.2, -0.15) is 0 Å². The highest BCUT2D eigenvalue weighted by atomic mass is 79.9. The largest absolute Gasteiger partial charge is 0.462 e. The molecule has 9 heteroatoms. The van der Waals surface area contributed by atoms with Gasteiger partial charge in [0.1, 0.15) is 29.5 Å². The molecule has 0 aromatic rings. The molecule has 4 saturated carbocycles. The summed E-state index contributed by atoms with van der Waals surface area (Å²) < 4.78 is 16.8. The molecule has 0 bridgehead atoms. The molecule has 1 aliphatic heterocycles. The van der Waals surface area contributed by atoms with E-state index in [1.807, 2.05) is 0 Å². The van der Waals surface area contributed by atoms with E-state index in [-0.39, 0.29) is 58.5 Å². The molecule has 0 unspecified atom stereocenters. The third kappa shape index (κ3) is 4.10. The topological polar surface area (TPSA) is 99.1 Å². The van der Waals surface area contributed by atoms with E-state index in [9.17, 15) is 19.5 Å². The monoisotopic (exact) mass is 630 g/mol. The molecule has 4 aliphatic carbocycles. The Kier molecular flexibility index (Phi) is 7.16. The van der Waals surface area contributed by atoms with Crippen LogP contribution in [0.25, 0.3) is 0 Å². The SMILES string of the molecule is C[C@]12CC[C@H](OC(=O)CBr)C[C@@H]1CC[C@@H]1[C@@H]2CC[C@]2(C)[C@H](C3=CC(=O)OC3)[C@H](OC(=O)CBr)C[C@@]12O. The second kappa shape index (κ2) is 9.67. The molecule has 0 amide bonds. The van der Waals surface area contributed by atoms with Crippen molar-refractivity contribution in [3.63, 3.8) is 0 Å². The molecule has 5 aliphatic rings. The first-order valence-electron chi connectivity index (χ1n) is 13.2. The number of halogens is 2. The van der Waals surface area contributed by atoms with Gasteiger partial charge in [-0.3, -0.25) is 9.59 Å². The van der Waals surface area contributed by atoms with Crippen LogP contribution < -0.4 is 0 Å². The molecular formula is C27H36Br2O7. The van der Waals surface area contributed by atoms with Crippen molar-refractivity contribution in [2.75, 3.05) is 17.3 Å². The lowest BCUT2D eigenvalue weighted by Crippen LogP contribution is -2.62. The van der Waals surface area contributed by atoms with E-state index in [1.165, 1.54) is 6.08 Å². The van der Waals surface area contributed by atoms with Gasteiger partial charge in [0.15, 0.2) is 0 Å².